The van der Waals surface area contributed by atoms with Crippen LogP contribution in [0, 0.1) is 0 Å². The van der Waals surface area contributed by atoms with Gasteiger partial charge in [0.1, 0.15) is 0 Å². The summed E-state index contributed by atoms with van der Waals surface area (Å²) in [5.41, 5.74) is 11.9. The maximum absolute atomic E-state index is 12.7. The number of ether oxygens (including phenoxy) is 1. The van der Waals surface area contributed by atoms with Gasteiger partial charge in [-0.15, -0.1) is 0 Å². The molecule has 2 aromatic rings. The predicted molar refractivity (Wildman–Crippen MR) is 137 cm³/mol. The van der Waals surface area contributed by atoms with E-state index < -0.39 is 30.4 Å². The van der Waals surface area contributed by atoms with E-state index in [2.05, 4.69) is 20.9 Å². The lowest BCUT2D eigenvalue weighted by molar-refractivity contribution is -0.143. The summed E-state index contributed by atoms with van der Waals surface area (Å²) in [6, 6.07) is 8.10. The monoisotopic (exact) mass is 536 g/mol. The first-order valence-corrected chi connectivity index (χ1v) is 11.4. The van der Waals surface area contributed by atoms with Crippen LogP contribution in [-0.4, -0.2) is 42.8 Å². The molecule has 36 heavy (non-hydrogen) atoms. The van der Waals surface area contributed by atoms with Gasteiger partial charge in [0.05, 0.1) is 31.3 Å². The Morgan fingerprint density at radius 2 is 1.69 bits per heavy atom. The van der Waals surface area contributed by atoms with Crippen LogP contribution in [0.5, 0.6) is 0 Å². The van der Waals surface area contributed by atoms with Crippen molar-refractivity contribution in [3.8, 4) is 0 Å². The Balaban J connectivity index is 2.16. The standard InChI is InChI=1S/C23H26Cl2N6O5/c1-3-36-21(34)10-19(13-4-15(24)8-16(25)5-13)31-20(33)11-28-22(35)14-6-17(29-12(2)32)9-18(7-14)30-23(26)27/h4-9,19H,3,10-11H2,1-2H3,(H,28,35)(H,29,32)(H,31,33)(H4,26,27,30). The number of nitrogens with one attached hydrogen (secondary N) is 3. The zero-order chi connectivity index (χ0) is 26.8. The van der Waals surface area contributed by atoms with Crippen molar-refractivity contribution in [3.05, 3.63) is 57.6 Å². The van der Waals surface area contributed by atoms with Gasteiger partial charge in [-0.1, -0.05) is 23.2 Å². The number of nitrogens with two attached hydrogens (primary N) is 2. The van der Waals surface area contributed by atoms with Crippen molar-refractivity contribution in [2.75, 3.05) is 18.5 Å². The lowest BCUT2D eigenvalue weighted by atomic mass is 10.0. The quantitative estimate of drug-likeness (QED) is 0.175. The number of nitrogens with zero attached hydrogens (tertiary/aromatic N) is 1. The third-order valence-corrected chi connectivity index (χ3v) is 4.90. The van der Waals surface area contributed by atoms with Crippen LogP contribution in [0.2, 0.25) is 10.0 Å². The number of aliphatic imine (C=N–C) groups is 1. The summed E-state index contributed by atoms with van der Waals surface area (Å²) in [5, 5.41) is 8.34. The number of guanidine groups is 1. The smallest absolute Gasteiger partial charge is 0.308 e. The Labute approximate surface area is 217 Å². The zero-order valence-corrected chi connectivity index (χ0v) is 21.1. The van der Waals surface area contributed by atoms with Gasteiger partial charge in [-0.05, 0) is 48.9 Å². The van der Waals surface area contributed by atoms with Crippen molar-refractivity contribution in [2.45, 2.75) is 26.3 Å². The highest BCUT2D eigenvalue weighted by molar-refractivity contribution is 6.34. The maximum atomic E-state index is 12.7. The van der Waals surface area contributed by atoms with Crippen molar-refractivity contribution in [1.82, 2.24) is 10.6 Å². The Bertz CT molecular complexity index is 1160. The van der Waals surface area contributed by atoms with Crippen LogP contribution in [0.1, 0.15) is 42.2 Å². The highest BCUT2D eigenvalue weighted by Crippen LogP contribution is 2.26. The number of hydrogen-bond acceptors (Lipinski definition) is 6. The molecule has 2 rings (SSSR count). The van der Waals surface area contributed by atoms with Gasteiger partial charge in [-0.2, -0.15) is 0 Å². The van der Waals surface area contributed by atoms with Gasteiger partial charge in [0.25, 0.3) is 5.91 Å². The average Bonchev–Trinajstić information content (AvgIpc) is 2.75. The zero-order valence-electron chi connectivity index (χ0n) is 19.6. The minimum atomic E-state index is -0.804. The second kappa shape index (κ2) is 13.3. The Morgan fingerprint density at radius 3 is 2.28 bits per heavy atom. The fourth-order valence-corrected chi connectivity index (χ4v) is 3.70. The van der Waals surface area contributed by atoms with Crippen molar-refractivity contribution in [1.29, 1.82) is 0 Å². The third-order valence-electron chi connectivity index (χ3n) is 4.47. The SMILES string of the molecule is CCOC(=O)CC(NC(=O)CNC(=O)c1cc(N=C(N)N)cc(NC(C)=O)c1)c1cc(Cl)cc(Cl)c1. The molecule has 192 valence electrons. The van der Waals surface area contributed by atoms with E-state index in [0.29, 0.717) is 15.6 Å². The highest BCUT2D eigenvalue weighted by atomic mass is 35.5. The molecular formula is C23H26Cl2N6O5. The number of carbonyl (C=O) groups excluding carboxylic acids is 4. The second-order valence-electron chi connectivity index (χ2n) is 7.50. The van der Waals surface area contributed by atoms with Gasteiger partial charge in [0.15, 0.2) is 5.96 Å². The first-order chi connectivity index (χ1) is 17.0. The number of benzene rings is 2. The molecule has 0 radical (unpaired) electrons. The molecule has 0 aromatic heterocycles. The molecule has 0 saturated heterocycles. The van der Waals surface area contributed by atoms with Crippen molar-refractivity contribution >= 4 is 64.2 Å². The summed E-state index contributed by atoms with van der Waals surface area (Å²) in [6.07, 6.45) is -0.176. The summed E-state index contributed by atoms with van der Waals surface area (Å²) in [7, 11) is 0. The number of hydrogen-bond donors (Lipinski definition) is 5. The number of anilines is 1. The molecule has 2 aromatic carbocycles. The molecule has 0 aliphatic heterocycles. The molecule has 7 N–H and O–H groups in total. The van der Waals surface area contributed by atoms with Crippen molar-refractivity contribution in [3.63, 3.8) is 0 Å². The van der Waals surface area contributed by atoms with E-state index in [4.69, 9.17) is 39.4 Å². The molecule has 0 spiro atoms. The van der Waals surface area contributed by atoms with Gasteiger partial charge < -0.3 is 32.2 Å². The van der Waals surface area contributed by atoms with Crippen LogP contribution in [0.15, 0.2) is 41.4 Å². The molecule has 0 heterocycles. The molecule has 0 fully saturated rings. The average molecular weight is 537 g/mol. The minimum Gasteiger partial charge on any atom is -0.466 e. The van der Waals surface area contributed by atoms with E-state index in [1.165, 1.54) is 31.2 Å². The molecule has 1 atom stereocenters. The highest BCUT2D eigenvalue weighted by Gasteiger charge is 2.21. The van der Waals surface area contributed by atoms with Crippen LogP contribution < -0.4 is 27.4 Å². The maximum Gasteiger partial charge on any atom is 0.308 e. The minimum absolute atomic E-state index is 0.0961. The van der Waals surface area contributed by atoms with Crippen LogP contribution in [0.25, 0.3) is 0 Å². The van der Waals surface area contributed by atoms with Crippen LogP contribution >= 0.6 is 23.2 Å². The lowest BCUT2D eigenvalue weighted by Crippen LogP contribution is -2.39. The largest absolute Gasteiger partial charge is 0.466 e. The number of halogens is 2. The Morgan fingerprint density at radius 1 is 1.03 bits per heavy atom. The molecular weight excluding hydrogens is 511 g/mol. The van der Waals surface area contributed by atoms with E-state index in [9.17, 15) is 19.2 Å². The summed E-state index contributed by atoms with van der Waals surface area (Å²) in [6.45, 7) is 2.72. The topological polar surface area (TPSA) is 178 Å². The predicted octanol–water partition coefficient (Wildman–Crippen LogP) is 2.40. The summed E-state index contributed by atoms with van der Waals surface area (Å²) >= 11 is 12.1. The van der Waals surface area contributed by atoms with Crippen LogP contribution in [0.3, 0.4) is 0 Å². The van der Waals surface area contributed by atoms with E-state index in [-0.39, 0.29) is 41.8 Å². The van der Waals surface area contributed by atoms with Gasteiger partial charge in [-0.3, -0.25) is 19.2 Å². The van der Waals surface area contributed by atoms with Crippen LogP contribution in [-0.2, 0) is 19.1 Å². The van der Waals surface area contributed by atoms with Crippen molar-refractivity contribution in [2.24, 2.45) is 16.5 Å². The lowest BCUT2D eigenvalue weighted by Gasteiger charge is -2.19. The molecule has 0 saturated carbocycles. The summed E-state index contributed by atoms with van der Waals surface area (Å²) in [5.74, 6) is -2.36. The van der Waals surface area contributed by atoms with Crippen molar-refractivity contribution < 1.29 is 23.9 Å². The Hall–Kier alpha value is -3.83. The van der Waals surface area contributed by atoms with Crippen LogP contribution in [0.4, 0.5) is 11.4 Å². The summed E-state index contributed by atoms with van der Waals surface area (Å²) < 4.78 is 4.98. The molecule has 0 aliphatic carbocycles. The number of esters is 1. The molecule has 0 bridgehead atoms. The van der Waals surface area contributed by atoms with E-state index in [0.717, 1.165) is 0 Å². The molecule has 1 unspecified atom stereocenters. The van der Waals surface area contributed by atoms with Gasteiger partial charge >= 0.3 is 5.97 Å². The fraction of sp³-hybridized carbons (Fsp3) is 0.261. The normalized spacial score (nSPS) is 11.1. The number of rotatable bonds is 10. The van der Waals surface area contributed by atoms with E-state index in [1.54, 1.807) is 19.1 Å². The third kappa shape index (κ3) is 9.43. The first kappa shape index (κ1) is 28.4. The van der Waals surface area contributed by atoms with Gasteiger partial charge in [0, 0.05) is 28.2 Å². The van der Waals surface area contributed by atoms with Gasteiger partial charge in [-0.25, -0.2) is 4.99 Å². The summed E-state index contributed by atoms with van der Waals surface area (Å²) in [4.78, 5) is 52.7. The first-order valence-electron chi connectivity index (χ1n) is 10.7. The van der Waals surface area contributed by atoms with E-state index in [1.807, 2.05) is 0 Å². The molecule has 13 heteroatoms. The molecule has 11 nitrogen and oxygen atoms in total. The van der Waals surface area contributed by atoms with E-state index >= 15 is 0 Å². The second-order valence-corrected chi connectivity index (χ2v) is 8.37. The Kier molecular flexibility index (Phi) is 10.5. The fourth-order valence-electron chi connectivity index (χ4n) is 3.15. The molecule has 0 aliphatic rings. The number of carbonyl (C=O) groups is 4. The number of amides is 3. The van der Waals surface area contributed by atoms with Gasteiger partial charge in [0.2, 0.25) is 11.8 Å². The molecule has 3 amide bonds.